The molecule has 0 fully saturated rings. The summed E-state index contributed by atoms with van der Waals surface area (Å²) in [5, 5.41) is -0.369. The van der Waals surface area contributed by atoms with Crippen LogP contribution in [0.2, 0.25) is 0 Å². The van der Waals surface area contributed by atoms with Crippen LogP contribution >= 0.6 is 11.8 Å². The Morgan fingerprint density at radius 3 is 2.40 bits per heavy atom. The Morgan fingerprint density at radius 1 is 1.30 bits per heavy atom. The molecule has 0 N–H and O–H groups in total. The minimum atomic E-state index is -0.369. The van der Waals surface area contributed by atoms with E-state index in [1.54, 1.807) is 0 Å². The lowest BCUT2D eigenvalue weighted by atomic mass is 10.4. The fourth-order valence-electron chi connectivity index (χ4n) is 0.616. The molecule has 2 heteroatoms. The maximum atomic E-state index is 12.2. The third-order valence-electron chi connectivity index (χ3n) is 0.972. The molecule has 1 aromatic rings. The van der Waals surface area contributed by atoms with Crippen molar-refractivity contribution in [3.63, 3.8) is 0 Å². The van der Waals surface area contributed by atoms with Gasteiger partial charge in [0, 0.05) is 4.90 Å². The van der Waals surface area contributed by atoms with Crippen molar-refractivity contribution in [3.05, 3.63) is 42.1 Å². The lowest BCUT2D eigenvalue weighted by molar-refractivity contribution is 0.703. The summed E-state index contributed by atoms with van der Waals surface area (Å²) >= 11 is 1.04. The fourth-order valence-corrected chi connectivity index (χ4v) is 1.17. The molecule has 0 heterocycles. The van der Waals surface area contributed by atoms with Crippen molar-refractivity contribution in [2.24, 2.45) is 0 Å². The summed E-state index contributed by atoms with van der Waals surface area (Å²) < 4.78 is 12.2. The average Bonchev–Trinajstić information content (AvgIpc) is 1.88. The highest BCUT2D eigenvalue weighted by molar-refractivity contribution is 8.02. The molecule has 10 heavy (non-hydrogen) atoms. The normalized spacial score (nSPS) is 9.30. The Morgan fingerprint density at radius 2 is 1.90 bits per heavy atom. The monoisotopic (exact) mass is 154 g/mol. The molecular weight excluding hydrogens is 147 g/mol. The van der Waals surface area contributed by atoms with Gasteiger partial charge in [0.1, 0.15) is 0 Å². The molecule has 0 aliphatic rings. The van der Waals surface area contributed by atoms with Crippen LogP contribution in [0.4, 0.5) is 4.39 Å². The summed E-state index contributed by atoms with van der Waals surface area (Å²) in [4.78, 5) is 0.884. The maximum absolute atomic E-state index is 12.2. The van der Waals surface area contributed by atoms with E-state index < -0.39 is 0 Å². The van der Waals surface area contributed by atoms with Crippen LogP contribution < -0.4 is 0 Å². The van der Waals surface area contributed by atoms with Crippen LogP contribution in [0.3, 0.4) is 0 Å². The number of halogens is 1. The van der Waals surface area contributed by atoms with E-state index in [2.05, 4.69) is 6.58 Å². The Kier molecular flexibility index (Phi) is 2.51. The first-order valence-electron chi connectivity index (χ1n) is 2.86. The predicted molar refractivity (Wildman–Crippen MR) is 42.5 cm³/mol. The van der Waals surface area contributed by atoms with E-state index in [0.29, 0.717) is 0 Å². The minimum Gasteiger partial charge on any atom is -0.200 e. The molecule has 0 spiro atoms. The Labute approximate surface area is 63.8 Å². The lowest BCUT2D eigenvalue weighted by Crippen LogP contribution is -1.66. The van der Waals surface area contributed by atoms with Gasteiger partial charge in [0.2, 0.25) is 0 Å². The summed E-state index contributed by atoms with van der Waals surface area (Å²) in [5.41, 5.74) is 0. The van der Waals surface area contributed by atoms with Crippen molar-refractivity contribution < 1.29 is 4.39 Å². The number of thioether (sulfide) groups is 1. The fraction of sp³-hybridized carbons (Fsp3) is 0. The van der Waals surface area contributed by atoms with E-state index in [9.17, 15) is 4.39 Å². The van der Waals surface area contributed by atoms with E-state index in [0.717, 1.165) is 16.7 Å². The van der Waals surface area contributed by atoms with Crippen molar-refractivity contribution in [2.45, 2.75) is 4.90 Å². The van der Waals surface area contributed by atoms with Crippen molar-refractivity contribution >= 4 is 11.8 Å². The predicted octanol–water partition coefficient (Wildman–Crippen LogP) is 3.22. The lowest BCUT2D eigenvalue weighted by Gasteiger charge is -1.93. The molecule has 0 saturated heterocycles. The summed E-state index contributed by atoms with van der Waals surface area (Å²) in [7, 11) is 0. The third-order valence-corrected chi connectivity index (χ3v) is 1.70. The van der Waals surface area contributed by atoms with Crippen LogP contribution in [0.25, 0.3) is 0 Å². The van der Waals surface area contributed by atoms with Gasteiger partial charge >= 0.3 is 0 Å². The van der Waals surface area contributed by atoms with E-state index in [-0.39, 0.29) is 5.16 Å². The van der Waals surface area contributed by atoms with E-state index in [1.807, 2.05) is 30.3 Å². The van der Waals surface area contributed by atoms with Gasteiger partial charge in [-0.1, -0.05) is 36.5 Å². The summed E-state index contributed by atoms with van der Waals surface area (Å²) in [6.07, 6.45) is 0. The van der Waals surface area contributed by atoms with E-state index in [4.69, 9.17) is 0 Å². The molecule has 0 aromatic heterocycles. The zero-order chi connectivity index (χ0) is 7.40. The van der Waals surface area contributed by atoms with Gasteiger partial charge in [0.15, 0.2) is 5.16 Å². The molecule has 1 aromatic carbocycles. The topological polar surface area (TPSA) is 0 Å². The minimum absolute atomic E-state index is 0.369. The van der Waals surface area contributed by atoms with Crippen LogP contribution in [0.5, 0.6) is 0 Å². The van der Waals surface area contributed by atoms with Gasteiger partial charge in [0.05, 0.1) is 0 Å². The Balaban J connectivity index is 2.67. The molecule has 0 nitrogen and oxygen atoms in total. The molecule has 0 aliphatic carbocycles. The van der Waals surface area contributed by atoms with Gasteiger partial charge in [-0.25, -0.2) is 0 Å². The number of hydrogen-bond donors (Lipinski definition) is 0. The Hall–Kier alpha value is -0.760. The van der Waals surface area contributed by atoms with Crippen LogP contribution in [0.1, 0.15) is 0 Å². The highest BCUT2D eigenvalue weighted by Crippen LogP contribution is 2.24. The molecule has 0 amide bonds. The standard InChI is InChI=1S/C8H7FS/c1-7(9)10-8-5-3-2-4-6-8/h2-6H,1H2. The van der Waals surface area contributed by atoms with Gasteiger partial charge in [-0.05, 0) is 12.1 Å². The van der Waals surface area contributed by atoms with Crippen LogP contribution in [-0.4, -0.2) is 0 Å². The second-order valence-corrected chi connectivity index (χ2v) is 2.89. The molecular formula is C8H7FS. The number of benzene rings is 1. The SMILES string of the molecule is C=C(F)Sc1ccccc1. The van der Waals surface area contributed by atoms with Crippen LogP contribution in [0.15, 0.2) is 47.0 Å². The van der Waals surface area contributed by atoms with Crippen LogP contribution in [-0.2, 0) is 0 Å². The van der Waals surface area contributed by atoms with Gasteiger partial charge in [-0.2, -0.15) is 4.39 Å². The van der Waals surface area contributed by atoms with E-state index >= 15 is 0 Å². The van der Waals surface area contributed by atoms with Crippen molar-refractivity contribution in [2.75, 3.05) is 0 Å². The zero-order valence-electron chi connectivity index (χ0n) is 5.38. The second kappa shape index (κ2) is 3.42. The number of rotatable bonds is 2. The Bertz CT molecular complexity index is 218. The van der Waals surface area contributed by atoms with Crippen molar-refractivity contribution in [1.82, 2.24) is 0 Å². The molecule has 1 rings (SSSR count). The zero-order valence-corrected chi connectivity index (χ0v) is 6.20. The molecule has 52 valence electrons. The van der Waals surface area contributed by atoms with Gasteiger partial charge in [-0.15, -0.1) is 0 Å². The summed E-state index contributed by atoms with van der Waals surface area (Å²) in [5.74, 6) is 0. The molecule has 0 bridgehead atoms. The summed E-state index contributed by atoms with van der Waals surface area (Å²) in [6.45, 7) is 3.15. The molecule has 0 saturated carbocycles. The van der Waals surface area contributed by atoms with Gasteiger partial charge in [-0.3, -0.25) is 0 Å². The van der Waals surface area contributed by atoms with E-state index in [1.165, 1.54) is 0 Å². The maximum Gasteiger partial charge on any atom is 0.154 e. The largest absolute Gasteiger partial charge is 0.200 e. The highest BCUT2D eigenvalue weighted by Gasteiger charge is 1.92. The first-order valence-corrected chi connectivity index (χ1v) is 3.68. The third kappa shape index (κ3) is 2.23. The molecule has 0 unspecified atom stereocenters. The average molecular weight is 154 g/mol. The van der Waals surface area contributed by atoms with Gasteiger partial charge in [0.25, 0.3) is 0 Å². The highest BCUT2D eigenvalue weighted by atomic mass is 32.2. The van der Waals surface area contributed by atoms with Crippen molar-refractivity contribution in [3.8, 4) is 0 Å². The second-order valence-electron chi connectivity index (χ2n) is 1.77. The van der Waals surface area contributed by atoms with Crippen molar-refractivity contribution in [1.29, 1.82) is 0 Å². The first-order chi connectivity index (χ1) is 4.79. The van der Waals surface area contributed by atoms with Crippen LogP contribution in [0, 0.1) is 0 Å². The molecule has 0 aliphatic heterocycles. The van der Waals surface area contributed by atoms with Gasteiger partial charge < -0.3 is 0 Å². The first kappa shape index (κ1) is 7.35. The summed E-state index contributed by atoms with van der Waals surface area (Å²) in [6, 6.07) is 9.31. The molecule has 0 atom stereocenters. The number of hydrogen-bond acceptors (Lipinski definition) is 1. The smallest absolute Gasteiger partial charge is 0.154 e. The molecule has 0 radical (unpaired) electrons. The quantitative estimate of drug-likeness (QED) is 0.589.